The highest BCUT2D eigenvalue weighted by atomic mass is 19.1. The molecule has 4 nitrogen and oxygen atoms in total. The molecule has 0 N–H and O–H groups in total. The van der Waals surface area contributed by atoms with Crippen molar-refractivity contribution in [2.24, 2.45) is 0 Å². The highest BCUT2D eigenvalue weighted by Crippen LogP contribution is 2.42. The molecule has 27 heavy (non-hydrogen) atoms. The average Bonchev–Trinajstić information content (AvgIpc) is 2.85. The molecule has 2 fully saturated rings. The fourth-order valence-corrected chi connectivity index (χ4v) is 3.03. The summed E-state index contributed by atoms with van der Waals surface area (Å²) in [6.45, 7) is 16.0. The third kappa shape index (κ3) is 3.75. The summed E-state index contributed by atoms with van der Waals surface area (Å²) >= 11 is 0. The van der Waals surface area contributed by atoms with Crippen molar-refractivity contribution in [2.75, 3.05) is 0 Å². The van der Waals surface area contributed by atoms with E-state index >= 15 is 0 Å². The van der Waals surface area contributed by atoms with E-state index in [1.165, 1.54) is 12.1 Å². The van der Waals surface area contributed by atoms with Gasteiger partial charge in [0.1, 0.15) is 5.82 Å². The van der Waals surface area contributed by atoms with Gasteiger partial charge in [-0.15, -0.1) is 0 Å². The molecule has 0 atom stereocenters. The van der Waals surface area contributed by atoms with Crippen molar-refractivity contribution >= 4 is 19.7 Å². The standard InChI is InChI=1S/C20H29B2FO4/c1-17(2)18(3,4)25-21(24-17)13-16(14-9-11-15(23)12-10-14)22-26-19(5,6)20(7,8)27-22/h9-13H,1-8H3/b16-13-. The van der Waals surface area contributed by atoms with Gasteiger partial charge in [0, 0.05) is 0 Å². The molecule has 0 amide bonds. The zero-order valence-electron chi connectivity index (χ0n) is 17.6. The van der Waals surface area contributed by atoms with Crippen LogP contribution in [0.2, 0.25) is 0 Å². The summed E-state index contributed by atoms with van der Waals surface area (Å²) in [4.78, 5) is 0. The molecular formula is C20H29B2FO4. The van der Waals surface area contributed by atoms with Gasteiger partial charge in [0.05, 0.1) is 22.4 Å². The first-order valence-corrected chi connectivity index (χ1v) is 9.43. The zero-order chi connectivity index (χ0) is 20.3. The van der Waals surface area contributed by atoms with E-state index < -0.39 is 36.6 Å². The van der Waals surface area contributed by atoms with E-state index in [1.807, 2.05) is 61.4 Å². The van der Waals surface area contributed by atoms with Crippen LogP contribution in [0.3, 0.4) is 0 Å². The van der Waals surface area contributed by atoms with Crippen LogP contribution in [0.1, 0.15) is 61.0 Å². The van der Waals surface area contributed by atoms with Gasteiger partial charge in [0.25, 0.3) is 0 Å². The second kappa shape index (κ2) is 6.45. The summed E-state index contributed by atoms with van der Waals surface area (Å²) in [6.07, 6.45) is 0. The molecular weight excluding hydrogens is 345 g/mol. The van der Waals surface area contributed by atoms with Crippen molar-refractivity contribution in [3.63, 3.8) is 0 Å². The molecule has 1 aromatic carbocycles. The average molecular weight is 374 g/mol. The maximum Gasteiger partial charge on any atom is 0.494 e. The molecule has 3 rings (SSSR count). The Hall–Kier alpha value is -1.14. The third-order valence-corrected chi connectivity index (χ3v) is 6.27. The van der Waals surface area contributed by atoms with E-state index in [1.54, 1.807) is 12.1 Å². The van der Waals surface area contributed by atoms with Crippen molar-refractivity contribution in [3.8, 4) is 0 Å². The van der Waals surface area contributed by atoms with Crippen molar-refractivity contribution in [2.45, 2.75) is 77.8 Å². The summed E-state index contributed by atoms with van der Waals surface area (Å²) in [5, 5.41) is 0. The molecule has 0 aromatic heterocycles. The molecule has 0 radical (unpaired) electrons. The monoisotopic (exact) mass is 374 g/mol. The predicted octanol–water partition coefficient (Wildman–Crippen LogP) is 4.47. The summed E-state index contributed by atoms with van der Waals surface area (Å²) in [5.41, 5.74) is -0.271. The number of rotatable bonds is 3. The Morgan fingerprint density at radius 3 is 1.59 bits per heavy atom. The quantitative estimate of drug-likeness (QED) is 0.732. The Bertz CT molecular complexity index is 709. The summed E-state index contributed by atoms with van der Waals surface area (Å²) in [6, 6.07) is 6.30. The smallest absolute Gasteiger partial charge is 0.400 e. The molecule has 2 aliphatic heterocycles. The molecule has 0 unspecified atom stereocenters. The molecule has 2 aliphatic rings. The molecule has 1 aromatic rings. The lowest BCUT2D eigenvalue weighted by atomic mass is 9.68. The van der Waals surface area contributed by atoms with Gasteiger partial charge < -0.3 is 18.6 Å². The lowest BCUT2D eigenvalue weighted by Gasteiger charge is -2.32. The zero-order valence-corrected chi connectivity index (χ0v) is 17.6. The van der Waals surface area contributed by atoms with Crippen LogP contribution in [0.5, 0.6) is 0 Å². The first-order chi connectivity index (χ1) is 12.2. The Labute approximate surface area is 162 Å². The lowest BCUT2D eigenvalue weighted by molar-refractivity contribution is 0.00578. The molecule has 0 saturated carbocycles. The van der Waals surface area contributed by atoms with Crippen LogP contribution in [0, 0.1) is 5.82 Å². The Kier molecular flexibility index (Phi) is 4.92. The molecule has 0 bridgehead atoms. The lowest BCUT2D eigenvalue weighted by Crippen LogP contribution is -2.41. The minimum Gasteiger partial charge on any atom is -0.400 e. The van der Waals surface area contributed by atoms with E-state index in [0.29, 0.717) is 0 Å². The fraction of sp³-hybridized carbons (Fsp3) is 0.600. The largest absolute Gasteiger partial charge is 0.494 e. The molecule has 0 spiro atoms. The SMILES string of the molecule is CC1(C)OB(/C=C(\B2OC(C)(C)C(C)(C)O2)c2ccc(F)cc2)OC1(C)C. The Morgan fingerprint density at radius 1 is 0.741 bits per heavy atom. The second-order valence-corrected chi connectivity index (χ2v) is 9.34. The highest BCUT2D eigenvalue weighted by molar-refractivity contribution is 6.72. The fourth-order valence-electron chi connectivity index (χ4n) is 3.03. The van der Waals surface area contributed by atoms with Crippen LogP contribution < -0.4 is 0 Å². The molecule has 2 heterocycles. The number of benzene rings is 1. The van der Waals surface area contributed by atoms with Crippen LogP contribution in [-0.4, -0.2) is 36.6 Å². The van der Waals surface area contributed by atoms with E-state index in [2.05, 4.69) is 0 Å². The number of halogens is 1. The van der Waals surface area contributed by atoms with Crippen LogP contribution in [0.25, 0.3) is 5.47 Å². The first-order valence-electron chi connectivity index (χ1n) is 9.43. The van der Waals surface area contributed by atoms with Gasteiger partial charge in [-0.05, 0) is 78.6 Å². The van der Waals surface area contributed by atoms with Gasteiger partial charge in [-0.25, -0.2) is 4.39 Å². The highest BCUT2D eigenvalue weighted by Gasteiger charge is 2.54. The van der Waals surface area contributed by atoms with Gasteiger partial charge in [0.15, 0.2) is 0 Å². The number of hydrogen-bond acceptors (Lipinski definition) is 4. The second-order valence-electron chi connectivity index (χ2n) is 9.34. The van der Waals surface area contributed by atoms with Crippen LogP contribution >= 0.6 is 0 Å². The minimum absolute atomic E-state index is 0.289. The first kappa shape index (κ1) is 20.6. The molecule has 2 saturated heterocycles. The summed E-state index contributed by atoms with van der Waals surface area (Å²) in [5.74, 6) is 1.59. The minimum atomic E-state index is -0.598. The van der Waals surface area contributed by atoms with Crippen LogP contribution in [0.4, 0.5) is 4.39 Å². The Balaban J connectivity index is 1.98. The van der Waals surface area contributed by atoms with Gasteiger partial charge in [0.2, 0.25) is 0 Å². The maximum atomic E-state index is 13.5. The topological polar surface area (TPSA) is 36.9 Å². The van der Waals surface area contributed by atoms with Gasteiger partial charge in [-0.2, -0.15) is 0 Å². The van der Waals surface area contributed by atoms with Gasteiger partial charge in [-0.1, -0.05) is 18.1 Å². The van der Waals surface area contributed by atoms with Gasteiger partial charge >= 0.3 is 14.2 Å². The predicted molar refractivity (Wildman–Crippen MR) is 107 cm³/mol. The van der Waals surface area contributed by atoms with Crippen molar-refractivity contribution < 1.29 is 23.0 Å². The van der Waals surface area contributed by atoms with E-state index in [-0.39, 0.29) is 5.82 Å². The summed E-state index contributed by atoms with van der Waals surface area (Å²) in [7, 11) is -1.14. The van der Waals surface area contributed by atoms with E-state index in [4.69, 9.17) is 18.6 Å². The van der Waals surface area contributed by atoms with Gasteiger partial charge in [-0.3, -0.25) is 0 Å². The van der Waals surface area contributed by atoms with Crippen molar-refractivity contribution in [1.82, 2.24) is 0 Å². The molecule has 146 valence electrons. The van der Waals surface area contributed by atoms with Crippen molar-refractivity contribution in [3.05, 3.63) is 41.6 Å². The molecule has 7 heteroatoms. The van der Waals surface area contributed by atoms with E-state index in [9.17, 15) is 4.39 Å². The number of hydrogen-bond donors (Lipinski definition) is 0. The van der Waals surface area contributed by atoms with E-state index in [0.717, 1.165) is 11.0 Å². The Morgan fingerprint density at radius 2 is 1.15 bits per heavy atom. The van der Waals surface area contributed by atoms with Crippen molar-refractivity contribution in [1.29, 1.82) is 0 Å². The summed E-state index contributed by atoms with van der Waals surface area (Å²) < 4.78 is 38.1. The maximum absolute atomic E-state index is 13.5. The van der Waals surface area contributed by atoms with Crippen LogP contribution in [0.15, 0.2) is 30.2 Å². The third-order valence-electron chi connectivity index (χ3n) is 6.27. The normalized spacial score (nSPS) is 25.9. The molecule has 0 aliphatic carbocycles. The van der Waals surface area contributed by atoms with Crippen LogP contribution in [-0.2, 0) is 18.6 Å².